The maximum Gasteiger partial charge on any atom is 0.134 e. The molecule has 2 aromatic rings. The van der Waals surface area contributed by atoms with Crippen LogP contribution in [0.3, 0.4) is 0 Å². The van der Waals surface area contributed by atoms with Crippen LogP contribution in [0.25, 0.3) is 0 Å². The fraction of sp³-hybridized carbons (Fsp3) is 0.312. The molecule has 0 saturated heterocycles. The number of aromatic nitrogens is 2. The van der Waals surface area contributed by atoms with Crippen molar-refractivity contribution in [1.82, 2.24) is 9.78 Å². The zero-order chi connectivity index (χ0) is 14.5. The van der Waals surface area contributed by atoms with Crippen molar-refractivity contribution in [2.24, 2.45) is 5.73 Å². The van der Waals surface area contributed by atoms with Gasteiger partial charge in [-0.05, 0) is 37.6 Å². The van der Waals surface area contributed by atoms with Crippen LogP contribution >= 0.6 is 0 Å². The van der Waals surface area contributed by atoms with Crippen LogP contribution < -0.4 is 10.5 Å². The highest BCUT2D eigenvalue weighted by atomic mass is 16.5. The van der Waals surface area contributed by atoms with E-state index in [2.05, 4.69) is 29.9 Å². The van der Waals surface area contributed by atoms with E-state index < -0.39 is 0 Å². The molecule has 0 saturated carbocycles. The second kappa shape index (κ2) is 6.27. The molecule has 0 radical (unpaired) electrons. The molecular weight excluding hydrogens is 250 g/mol. The first-order chi connectivity index (χ1) is 9.63. The molecule has 0 amide bonds. The van der Waals surface area contributed by atoms with E-state index in [1.807, 2.05) is 29.8 Å². The Morgan fingerprint density at radius 1 is 1.30 bits per heavy atom. The molecule has 20 heavy (non-hydrogen) atoms. The van der Waals surface area contributed by atoms with Crippen LogP contribution in [0.2, 0.25) is 0 Å². The van der Waals surface area contributed by atoms with Crippen LogP contribution in [0.5, 0.6) is 5.75 Å². The van der Waals surface area contributed by atoms with Crippen molar-refractivity contribution in [2.45, 2.75) is 20.4 Å². The second-order valence-electron chi connectivity index (χ2n) is 4.63. The standard InChI is InChI=1S/C16H19N3O/c1-12-9-13(2)19(18-12)11-14-6-7-16(20-3)15(10-14)5-4-8-17/h6-7,9-10H,8,11,17H2,1-3H3. The summed E-state index contributed by atoms with van der Waals surface area (Å²) in [6.45, 7) is 5.11. The summed E-state index contributed by atoms with van der Waals surface area (Å²) >= 11 is 0. The van der Waals surface area contributed by atoms with Crippen molar-refractivity contribution >= 4 is 0 Å². The van der Waals surface area contributed by atoms with Crippen LogP contribution in [-0.4, -0.2) is 23.4 Å². The molecule has 0 aliphatic rings. The van der Waals surface area contributed by atoms with Gasteiger partial charge >= 0.3 is 0 Å². The summed E-state index contributed by atoms with van der Waals surface area (Å²) in [4.78, 5) is 0. The molecule has 0 aliphatic heterocycles. The lowest BCUT2D eigenvalue weighted by atomic mass is 10.1. The van der Waals surface area contributed by atoms with Crippen molar-refractivity contribution in [3.05, 3.63) is 46.8 Å². The third-order valence-corrected chi connectivity index (χ3v) is 3.02. The Morgan fingerprint density at radius 2 is 2.10 bits per heavy atom. The topological polar surface area (TPSA) is 53.1 Å². The van der Waals surface area contributed by atoms with E-state index in [4.69, 9.17) is 10.5 Å². The largest absolute Gasteiger partial charge is 0.495 e. The molecule has 1 heterocycles. The first kappa shape index (κ1) is 14.2. The van der Waals surface area contributed by atoms with Crippen LogP contribution in [0.15, 0.2) is 24.3 Å². The van der Waals surface area contributed by atoms with Gasteiger partial charge in [0.25, 0.3) is 0 Å². The number of methoxy groups -OCH3 is 1. The summed E-state index contributed by atoms with van der Waals surface area (Å²) < 4.78 is 7.29. The normalized spacial score (nSPS) is 10.0. The Kier molecular flexibility index (Phi) is 4.44. The van der Waals surface area contributed by atoms with Gasteiger partial charge in [0.2, 0.25) is 0 Å². The van der Waals surface area contributed by atoms with E-state index in [1.54, 1.807) is 7.11 Å². The van der Waals surface area contributed by atoms with E-state index in [-0.39, 0.29) is 0 Å². The number of nitrogens with two attached hydrogens (primary N) is 1. The molecule has 2 rings (SSSR count). The first-order valence-corrected chi connectivity index (χ1v) is 6.51. The van der Waals surface area contributed by atoms with Crippen molar-refractivity contribution in [3.63, 3.8) is 0 Å². The van der Waals surface area contributed by atoms with Gasteiger partial charge in [-0.1, -0.05) is 17.9 Å². The number of ether oxygens (including phenoxy) is 1. The number of rotatable bonds is 3. The van der Waals surface area contributed by atoms with E-state index in [0.717, 1.165) is 34.8 Å². The first-order valence-electron chi connectivity index (χ1n) is 6.51. The minimum atomic E-state index is 0.338. The average Bonchev–Trinajstić information content (AvgIpc) is 2.75. The van der Waals surface area contributed by atoms with Gasteiger partial charge in [0, 0.05) is 5.69 Å². The van der Waals surface area contributed by atoms with Crippen molar-refractivity contribution < 1.29 is 4.74 Å². The van der Waals surface area contributed by atoms with Crippen LogP contribution in [0, 0.1) is 25.7 Å². The molecule has 4 nitrogen and oxygen atoms in total. The van der Waals surface area contributed by atoms with Gasteiger partial charge in [0.1, 0.15) is 5.75 Å². The van der Waals surface area contributed by atoms with Crippen LogP contribution in [0.4, 0.5) is 0 Å². The van der Waals surface area contributed by atoms with Crippen molar-refractivity contribution in [1.29, 1.82) is 0 Å². The van der Waals surface area contributed by atoms with Crippen molar-refractivity contribution in [3.8, 4) is 17.6 Å². The minimum absolute atomic E-state index is 0.338. The van der Waals surface area contributed by atoms with Gasteiger partial charge in [-0.15, -0.1) is 0 Å². The highest BCUT2D eigenvalue weighted by molar-refractivity contribution is 5.48. The molecule has 0 aliphatic carbocycles. The molecule has 0 unspecified atom stereocenters. The zero-order valence-corrected chi connectivity index (χ0v) is 12.1. The van der Waals surface area contributed by atoms with Crippen LogP contribution in [-0.2, 0) is 6.54 Å². The molecule has 0 bridgehead atoms. The van der Waals surface area contributed by atoms with Gasteiger partial charge in [-0.25, -0.2) is 0 Å². The Bertz CT molecular complexity index is 662. The third kappa shape index (κ3) is 3.19. The zero-order valence-electron chi connectivity index (χ0n) is 12.1. The number of benzene rings is 1. The fourth-order valence-electron chi connectivity index (χ4n) is 2.11. The molecule has 104 valence electrons. The van der Waals surface area contributed by atoms with E-state index in [1.165, 1.54) is 0 Å². The Morgan fingerprint density at radius 3 is 2.70 bits per heavy atom. The number of nitrogens with zero attached hydrogens (tertiary/aromatic N) is 2. The molecule has 0 atom stereocenters. The molecule has 0 fully saturated rings. The summed E-state index contributed by atoms with van der Waals surface area (Å²) in [6.07, 6.45) is 0. The van der Waals surface area contributed by atoms with E-state index >= 15 is 0 Å². The predicted molar refractivity (Wildman–Crippen MR) is 79.7 cm³/mol. The molecule has 2 N–H and O–H groups in total. The highest BCUT2D eigenvalue weighted by Gasteiger charge is 2.05. The second-order valence-corrected chi connectivity index (χ2v) is 4.63. The van der Waals surface area contributed by atoms with Gasteiger partial charge in [0.05, 0.1) is 31.5 Å². The smallest absolute Gasteiger partial charge is 0.134 e. The Balaban J connectivity index is 2.31. The van der Waals surface area contributed by atoms with E-state index in [0.29, 0.717) is 6.54 Å². The Hall–Kier alpha value is -2.25. The van der Waals surface area contributed by atoms with Gasteiger partial charge in [0.15, 0.2) is 0 Å². The van der Waals surface area contributed by atoms with Gasteiger partial charge < -0.3 is 10.5 Å². The molecule has 4 heteroatoms. The lowest BCUT2D eigenvalue weighted by molar-refractivity contribution is 0.413. The lowest BCUT2D eigenvalue weighted by Gasteiger charge is -2.08. The number of hydrogen-bond donors (Lipinski definition) is 1. The quantitative estimate of drug-likeness (QED) is 0.865. The summed E-state index contributed by atoms with van der Waals surface area (Å²) in [5.41, 5.74) is 9.59. The number of aryl methyl sites for hydroxylation is 2. The summed E-state index contributed by atoms with van der Waals surface area (Å²) in [5.74, 6) is 6.67. The SMILES string of the molecule is COc1ccc(Cn2nc(C)cc2C)cc1C#CCN. The summed E-state index contributed by atoms with van der Waals surface area (Å²) in [6, 6.07) is 8.06. The monoisotopic (exact) mass is 269 g/mol. The van der Waals surface area contributed by atoms with Crippen molar-refractivity contribution in [2.75, 3.05) is 13.7 Å². The maximum atomic E-state index is 5.42. The van der Waals surface area contributed by atoms with Gasteiger partial charge in [-0.2, -0.15) is 5.10 Å². The highest BCUT2D eigenvalue weighted by Crippen LogP contribution is 2.19. The molecule has 1 aromatic carbocycles. The summed E-state index contributed by atoms with van der Waals surface area (Å²) in [5, 5.41) is 4.47. The number of hydrogen-bond acceptors (Lipinski definition) is 3. The predicted octanol–water partition coefficient (Wildman–Crippen LogP) is 1.87. The Labute approximate surface area is 119 Å². The molecule has 0 spiro atoms. The maximum absolute atomic E-state index is 5.42. The van der Waals surface area contributed by atoms with Gasteiger partial charge in [-0.3, -0.25) is 4.68 Å². The minimum Gasteiger partial charge on any atom is -0.495 e. The fourth-order valence-corrected chi connectivity index (χ4v) is 2.11. The summed E-state index contributed by atoms with van der Waals surface area (Å²) in [7, 11) is 1.64. The molecule has 1 aromatic heterocycles. The average molecular weight is 269 g/mol. The van der Waals surface area contributed by atoms with Crippen LogP contribution in [0.1, 0.15) is 22.5 Å². The van der Waals surface area contributed by atoms with E-state index in [9.17, 15) is 0 Å². The lowest BCUT2D eigenvalue weighted by Crippen LogP contribution is -2.04. The molecular formula is C16H19N3O. The third-order valence-electron chi connectivity index (χ3n) is 3.02.